The normalized spacial score (nSPS) is 22.3. The van der Waals surface area contributed by atoms with Gasteiger partial charge in [-0.1, -0.05) is 5.16 Å². The molecular weight excluding hydrogens is 156 g/mol. The molecule has 0 amide bonds. The van der Waals surface area contributed by atoms with Crippen LogP contribution < -0.4 is 5.73 Å². The fourth-order valence-corrected chi connectivity index (χ4v) is 1.68. The minimum Gasteiger partial charge on any atom is -0.388 e. The molecule has 1 heterocycles. The van der Waals surface area contributed by atoms with Gasteiger partial charge in [0.2, 0.25) is 0 Å². The maximum Gasteiger partial charge on any atom is 0.156 e. The van der Waals surface area contributed by atoms with Gasteiger partial charge in [0.05, 0.1) is 18.3 Å². The summed E-state index contributed by atoms with van der Waals surface area (Å²) in [5.74, 6) is 0.636. The van der Waals surface area contributed by atoms with Gasteiger partial charge in [0, 0.05) is 5.56 Å². The lowest BCUT2D eigenvalue weighted by Crippen LogP contribution is -2.10. The van der Waals surface area contributed by atoms with E-state index in [9.17, 15) is 5.11 Å². The maximum atomic E-state index is 9.61. The molecule has 0 fully saturated rings. The monoisotopic (exact) mass is 168 g/mol. The van der Waals surface area contributed by atoms with Crippen molar-refractivity contribution >= 4 is 0 Å². The van der Waals surface area contributed by atoms with Gasteiger partial charge in [-0.3, -0.25) is 0 Å². The molecule has 1 aliphatic rings. The number of hydrogen-bond acceptors (Lipinski definition) is 4. The van der Waals surface area contributed by atoms with E-state index >= 15 is 0 Å². The van der Waals surface area contributed by atoms with Crippen LogP contribution in [0.2, 0.25) is 0 Å². The van der Waals surface area contributed by atoms with Crippen molar-refractivity contribution in [3.05, 3.63) is 17.0 Å². The summed E-state index contributed by atoms with van der Waals surface area (Å²) < 4.78 is 5.00. The second-order valence-electron chi connectivity index (χ2n) is 3.08. The van der Waals surface area contributed by atoms with Crippen molar-refractivity contribution < 1.29 is 9.63 Å². The summed E-state index contributed by atoms with van der Waals surface area (Å²) >= 11 is 0. The number of aromatic nitrogens is 1. The molecule has 0 bridgehead atoms. The summed E-state index contributed by atoms with van der Waals surface area (Å²) in [5.41, 5.74) is 7.16. The Morgan fingerprint density at radius 1 is 1.67 bits per heavy atom. The Labute approximate surface area is 70.3 Å². The van der Waals surface area contributed by atoms with Crippen LogP contribution in [0.15, 0.2) is 4.52 Å². The van der Waals surface area contributed by atoms with E-state index in [0.29, 0.717) is 12.3 Å². The summed E-state index contributed by atoms with van der Waals surface area (Å²) in [6.45, 7) is 0.319. The highest BCUT2D eigenvalue weighted by atomic mass is 16.5. The van der Waals surface area contributed by atoms with Crippen molar-refractivity contribution in [2.75, 3.05) is 0 Å². The smallest absolute Gasteiger partial charge is 0.156 e. The van der Waals surface area contributed by atoms with Gasteiger partial charge in [0.1, 0.15) is 0 Å². The van der Waals surface area contributed by atoms with E-state index in [1.165, 1.54) is 0 Å². The van der Waals surface area contributed by atoms with Crippen LogP contribution in [0.4, 0.5) is 0 Å². The number of rotatable bonds is 1. The topological polar surface area (TPSA) is 72.3 Å². The third-order valence-corrected chi connectivity index (χ3v) is 2.29. The van der Waals surface area contributed by atoms with Crippen molar-refractivity contribution in [2.24, 2.45) is 5.73 Å². The van der Waals surface area contributed by atoms with Gasteiger partial charge in [0.15, 0.2) is 5.76 Å². The zero-order valence-corrected chi connectivity index (χ0v) is 6.79. The summed E-state index contributed by atoms with van der Waals surface area (Å²) in [4.78, 5) is 0. The molecule has 1 atom stereocenters. The van der Waals surface area contributed by atoms with E-state index in [-0.39, 0.29) is 0 Å². The number of aryl methyl sites for hydroxylation is 1. The summed E-state index contributed by atoms with van der Waals surface area (Å²) in [6.07, 6.45) is 2.25. The molecule has 0 aromatic carbocycles. The van der Waals surface area contributed by atoms with Crippen molar-refractivity contribution in [3.8, 4) is 0 Å². The lowest BCUT2D eigenvalue weighted by molar-refractivity contribution is 0.155. The first-order valence-corrected chi connectivity index (χ1v) is 4.18. The second kappa shape index (κ2) is 2.88. The molecule has 12 heavy (non-hydrogen) atoms. The van der Waals surface area contributed by atoms with Crippen LogP contribution in [-0.2, 0) is 13.0 Å². The van der Waals surface area contributed by atoms with E-state index in [2.05, 4.69) is 5.16 Å². The number of aliphatic hydroxyl groups is 1. The van der Waals surface area contributed by atoms with E-state index < -0.39 is 6.10 Å². The van der Waals surface area contributed by atoms with Crippen LogP contribution in [0.5, 0.6) is 0 Å². The number of nitrogens with two attached hydrogens (primary N) is 1. The highest BCUT2D eigenvalue weighted by molar-refractivity contribution is 5.27. The average molecular weight is 168 g/mol. The van der Waals surface area contributed by atoms with Gasteiger partial charge in [-0.2, -0.15) is 0 Å². The van der Waals surface area contributed by atoms with Crippen LogP contribution in [0.25, 0.3) is 0 Å². The van der Waals surface area contributed by atoms with Gasteiger partial charge in [-0.25, -0.2) is 0 Å². The van der Waals surface area contributed by atoms with Gasteiger partial charge < -0.3 is 15.4 Å². The Kier molecular flexibility index (Phi) is 1.86. The van der Waals surface area contributed by atoms with Crippen LogP contribution in [0, 0.1) is 0 Å². The standard InChI is InChI=1S/C8H12N2O2/c9-4-7-8-5(10-12-7)2-1-3-6(8)11/h6,11H,1-4,9H2. The summed E-state index contributed by atoms with van der Waals surface area (Å²) in [7, 11) is 0. The van der Waals surface area contributed by atoms with Crippen molar-refractivity contribution in [1.82, 2.24) is 5.16 Å². The summed E-state index contributed by atoms with van der Waals surface area (Å²) in [6, 6.07) is 0. The quantitative estimate of drug-likeness (QED) is 0.640. The third kappa shape index (κ3) is 1.04. The molecule has 1 aromatic heterocycles. The van der Waals surface area contributed by atoms with Crippen LogP contribution in [0.1, 0.15) is 36.0 Å². The number of fused-ring (bicyclic) bond motifs is 1. The van der Waals surface area contributed by atoms with Gasteiger partial charge in [-0.15, -0.1) is 0 Å². The third-order valence-electron chi connectivity index (χ3n) is 2.29. The maximum absolute atomic E-state index is 9.61. The molecule has 0 aliphatic heterocycles. The first-order valence-electron chi connectivity index (χ1n) is 4.18. The highest BCUT2D eigenvalue weighted by Crippen LogP contribution is 2.31. The zero-order valence-electron chi connectivity index (χ0n) is 6.79. The van der Waals surface area contributed by atoms with Crippen LogP contribution >= 0.6 is 0 Å². The molecule has 66 valence electrons. The predicted molar refractivity (Wildman–Crippen MR) is 42.3 cm³/mol. The molecule has 1 aromatic rings. The minimum atomic E-state index is -0.418. The van der Waals surface area contributed by atoms with Crippen molar-refractivity contribution in [2.45, 2.75) is 31.9 Å². The molecule has 4 heteroatoms. The van der Waals surface area contributed by atoms with Crippen molar-refractivity contribution in [1.29, 1.82) is 0 Å². The molecule has 1 unspecified atom stereocenters. The van der Waals surface area contributed by atoms with Gasteiger partial charge in [-0.05, 0) is 19.3 Å². The molecule has 0 radical (unpaired) electrons. The Bertz CT molecular complexity index is 269. The molecule has 0 spiro atoms. The first-order chi connectivity index (χ1) is 5.83. The Hall–Kier alpha value is -0.870. The molecule has 0 saturated carbocycles. The number of aliphatic hydroxyl groups excluding tert-OH is 1. The van der Waals surface area contributed by atoms with E-state index in [1.54, 1.807) is 0 Å². The first kappa shape index (κ1) is 7.76. The largest absolute Gasteiger partial charge is 0.388 e. The minimum absolute atomic E-state index is 0.319. The number of hydrogen-bond donors (Lipinski definition) is 2. The average Bonchev–Trinajstić information content (AvgIpc) is 2.49. The molecular formula is C8H12N2O2. The Balaban J connectivity index is 2.43. The summed E-state index contributed by atoms with van der Waals surface area (Å²) in [5, 5.41) is 13.5. The fourth-order valence-electron chi connectivity index (χ4n) is 1.68. The van der Waals surface area contributed by atoms with E-state index in [1.807, 2.05) is 0 Å². The van der Waals surface area contributed by atoms with Gasteiger partial charge in [0.25, 0.3) is 0 Å². The number of nitrogens with zero attached hydrogens (tertiary/aromatic N) is 1. The second-order valence-corrected chi connectivity index (χ2v) is 3.08. The van der Waals surface area contributed by atoms with Crippen LogP contribution in [0.3, 0.4) is 0 Å². The lowest BCUT2D eigenvalue weighted by Gasteiger charge is -2.15. The van der Waals surface area contributed by atoms with E-state index in [4.69, 9.17) is 10.3 Å². The molecule has 0 saturated heterocycles. The highest BCUT2D eigenvalue weighted by Gasteiger charge is 2.25. The molecule has 2 rings (SSSR count). The molecule has 3 N–H and O–H groups in total. The molecule has 1 aliphatic carbocycles. The zero-order chi connectivity index (χ0) is 8.55. The van der Waals surface area contributed by atoms with Crippen molar-refractivity contribution in [3.63, 3.8) is 0 Å². The predicted octanol–water partition coefficient (Wildman–Crippen LogP) is 0.503. The van der Waals surface area contributed by atoms with Crippen LogP contribution in [-0.4, -0.2) is 10.3 Å². The Morgan fingerprint density at radius 2 is 2.50 bits per heavy atom. The fraction of sp³-hybridized carbons (Fsp3) is 0.625. The Morgan fingerprint density at radius 3 is 3.25 bits per heavy atom. The van der Waals surface area contributed by atoms with E-state index in [0.717, 1.165) is 30.5 Å². The SMILES string of the molecule is NCc1onc2c1C(O)CCC2. The molecule has 4 nitrogen and oxygen atoms in total. The van der Waals surface area contributed by atoms with Gasteiger partial charge >= 0.3 is 0 Å². The lowest BCUT2D eigenvalue weighted by atomic mass is 9.93.